The Labute approximate surface area is 205 Å². The van der Waals surface area contributed by atoms with Crippen LogP contribution >= 0.6 is 0 Å². The lowest BCUT2D eigenvalue weighted by molar-refractivity contribution is -0.139. The minimum atomic E-state index is -4.63. The topological polar surface area (TPSA) is 119 Å². The Morgan fingerprint density at radius 2 is 2.08 bits per heavy atom. The van der Waals surface area contributed by atoms with Crippen molar-refractivity contribution in [2.45, 2.75) is 31.8 Å². The van der Waals surface area contributed by atoms with Gasteiger partial charge in [-0.3, -0.25) is 10.2 Å². The monoisotopic (exact) mass is 505 g/mol. The third-order valence-electron chi connectivity index (χ3n) is 6.20. The van der Waals surface area contributed by atoms with Crippen molar-refractivity contribution in [3.63, 3.8) is 0 Å². The number of nitrogens with zero attached hydrogens (tertiary/aromatic N) is 6. The number of fused-ring (bicyclic) bond motifs is 1. The van der Waals surface area contributed by atoms with Crippen LogP contribution in [0.3, 0.4) is 0 Å². The molecule has 0 aliphatic carbocycles. The molecule has 2 atom stereocenters. The number of piperazine rings is 1. The Morgan fingerprint density at radius 1 is 1.33 bits per heavy atom. The molecule has 0 saturated carbocycles. The van der Waals surface area contributed by atoms with Crippen molar-refractivity contribution in [2.24, 2.45) is 5.10 Å². The van der Waals surface area contributed by atoms with E-state index in [4.69, 9.17) is 10.00 Å². The van der Waals surface area contributed by atoms with E-state index < -0.39 is 24.0 Å². The summed E-state index contributed by atoms with van der Waals surface area (Å²) < 4.78 is 47.4. The highest BCUT2D eigenvalue weighted by Crippen LogP contribution is 2.38. The maximum atomic E-state index is 13.5. The summed E-state index contributed by atoms with van der Waals surface area (Å²) in [4.78, 5) is 20.6. The number of pyridine rings is 1. The number of nitrogens with one attached hydrogen (secondary N) is 1. The van der Waals surface area contributed by atoms with Crippen molar-refractivity contribution in [1.82, 2.24) is 19.9 Å². The number of carbonyl (C=O) groups is 1. The van der Waals surface area contributed by atoms with Crippen LogP contribution in [-0.2, 0) is 15.7 Å². The van der Waals surface area contributed by atoms with Crippen molar-refractivity contribution >= 4 is 17.9 Å². The lowest BCUT2D eigenvalue weighted by Gasteiger charge is -2.35. The summed E-state index contributed by atoms with van der Waals surface area (Å²) in [6, 6.07) is 5.04. The molecule has 4 heterocycles. The Balaban J connectivity index is 1.25. The molecule has 1 fully saturated rings. The number of nitriles is 1. The molecule has 2 aliphatic rings. The summed E-state index contributed by atoms with van der Waals surface area (Å²) in [6.45, 7) is 4.21. The predicted octanol–water partition coefficient (Wildman–Crippen LogP) is 2.02. The molecule has 2 aliphatic heterocycles. The number of halogens is 3. The molecule has 13 heteroatoms. The first kappa shape index (κ1) is 25.5. The van der Waals surface area contributed by atoms with Crippen LogP contribution in [0.25, 0.3) is 0 Å². The number of aromatic nitrogens is 2. The molecule has 2 N–H and O–H groups in total. The van der Waals surface area contributed by atoms with Gasteiger partial charge < -0.3 is 24.2 Å². The first-order chi connectivity index (χ1) is 17.2. The Kier molecular flexibility index (Phi) is 7.46. The second-order valence-electron chi connectivity index (χ2n) is 8.60. The van der Waals surface area contributed by atoms with E-state index in [0.29, 0.717) is 31.7 Å². The van der Waals surface area contributed by atoms with Gasteiger partial charge >= 0.3 is 6.18 Å². The van der Waals surface area contributed by atoms with E-state index >= 15 is 0 Å². The average molecular weight is 506 g/mol. The fourth-order valence-electron chi connectivity index (χ4n) is 4.28. The molecule has 2 unspecified atom stereocenters. The minimum absolute atomic E-state index is 0.0610. The highest BCUT2D eigenvalue weighted by molar-refractivity contribution is 5.82. The van der Waals surface area contributed by atoms with Crippen LogP contribution in [0.4, 0.5) is 19.0 Å². The van der Waals surface area contributed by atoms with Gasteiger partial charge in [0.1, 0.15) is 11.9 Å². The van der Waals surface area contributed by atoms with Crippen molar-refractivity contribution in [3.8, 4) is 6.07 Å². The number of hydrogen-bond acceptors (Lipinski definition) is 8. The fraction of sp³-hybridized carbons (Fsp3) is 0.478. The van der Waals surface area contributed by atoms with E-state index in [1.165, 1.54) is 17.0 Å². The van der Waals surface area contributed by atoms with Crippen molar-refractivity contribution < 1.29 is 27.8 Å². The molecular formula is C23H26F3N7O3. The highest BCUT2D eigenvalue weighted by Gasteiger charge is 2.40. The van der Waals surface area contributed by atoms with Crippen LogP contribution in [0.5, 0.6) is 0 Å². The third-order valence-corrected chi connectivity index (χ3v) is 6.20. The Morgan fingerprint density at radius 3 is 2.72 bits per heavy atom. The zero-order chi connectivity index (χ0) is 25.9. The van der Waals surface area contributed by atoms with E-state index in [2.05, 4.69) is 15.5 Å². The molecule has 0 radical (unpaired) electrons. The van der Waals surface area contributed by atoms with Crippen LogP contribution in [0.15, 0.2) is 29.6 Å². The van der Waals surface area contributed by atoms with Crippen molar-refractivity contribution in [1.29, 1.82) is 5.26 Å². The SMILES string of the molecule is CC(COCCC(=O)N1CCN(c2ccc(C#N)cn2)CC1)n1cc(C(F)(F)F)c2c1C=NNC2O. The lowest BCUT2D eigenvalue weighted by atomic mass is 10.1. The van der Waals surface area contributed by atoms with E-state index in [0.717, 1.165) is 12.0 Å². The number of aliphatic hydroxyl groups is 1. The molecular weight excluding hydrogens is 479 g/mol. The Bertz CT molecular complexity index is 1150. The van der Waals surface area contributed by atoms with Gasteiger partial charge in [-0.15, -0.1) is 0 Å². The minimum Gasteiger partial charge on any atom is -0.379 e. The van der Waals surface area contributed by atoms with Crippen LogP contribution in [0.1, 0.15) is 48.0 Å². The molecule has 2 aromatic heterocycles. The van der Waals surface area contributed by atoms with Crippen LogP contribution in [0, 0.1) is 11.3 Å². The standard InChI is InChI=1S/C23H26F3N7O3/c1-15(33-13-17(23(24,25)26)21-18(33)12-29-30-22(21)35)14-36-9-4-20(34)32-7-5-31(6-8-32)19-3-2-16(10-27)11-28-19/h2-3,11-13,15,22,30,35H,4-9,14H2,1H3. The molecule has 4 rings (SSSR count). The van der Waals surface area contributed by atoms with Crippen molar-refractivity contribution in [3.05, 3.63) is 46.9 Å². The summed E-state index contributed by atoms with van der Waals surface area (Å²) in [5, 5.41) is 22.6. The second-order valence-corrected chi connectivity index (χ2v) is 8.60. The second kappa shape index (κ2) is 10.5. The molecule has 1 amide bonds. The first-order valence-corrected chi connectivity index (χ1v) is 11.4. The van der Waals surface area contributed by atoms with Gasteiger partial charge in [0.15, 0.2) is 6.23 Å². The van der Waals surface area contributed by atoms with Crippen LogP contribution in [-0.4, -0.2) is 71.1 Å². The normalized spacial score (nSPS) is 18.4. The smallest absolute Gasteiger partial charge is 0.379 e. The quantitative estimate of drug-likeness (QED) is 0.553. The number of ether oxygens (including phenoxy) is 1. The molecule has 10 nitrogen and oxygen atoms in total. The van der Waals surface area contributed by atoms with Gasteiger partial charge in [0.25, 0.3) is 0 Å². The zero-order valence-electron chi connectivity index (χ0n) is 19.6. The predicted molar refractivity (Wildman–Crippen MR) is 123 cm³/mol. The summed E-state index contributed by atoms with van der Waals surface area (Å²) in [5.41, 5.74) is 1.69. The molecule has 1 saturated heterocycles. The maximum absolute atomic E-state index is 13.5. The number of hydrazone groups is 1. The van der Waals surface area contributed by atoms with Gasteiger partial charge in [-0.25, -0.2) is 4.98 Å². The first-order valence-electron chi connectivity index (χ1n) is 11.4. The number of aliphatic hydroxyl groups excluding tert-OH is 1. The average Bonchev–Trinajstić information content (AvgIpc) is 3.28. The molecule has 0 aromatic carbocycles. The number of rotatable bonds is 7. The molecule has 192 valence electrons. The summed E-state index contributed by atoms with van der Waals surface area (Å²) >= 11 is 0. The molecule has 0 spiro atoms. The number of alkyl halides is 3. The van der Waals surface area contributed by atoms with E-state index in [9.17, 15) is 23.1 Å². The van der Waals surface area contributed by atoms with Gasteiger partial charge in [0.2, 0.25) is 5.91 Å². The van der Waals surface area contributed by atoms with E-state index in [-0.39, 0.29) is 36.8 Å². The fourth-order valence-corrected chi connectivity index (χ4v) is 4.28. The van der Waals surface area contributed by atoms with Gasteiger partial charge in [0, 0.05) is 44.1 Å². The van der Waals surface area contributed by atoms with Crippen LogP contribution in [0.2, 0.25) is 0 Å². The number of hydrogen-bond donors (Lipinski definition) is 2. The number of amides is 1. The maximum Gasteiger partial charge on any atom is 0.418 e. The third kappa shape index (κ3) is 5.44. The molecule has 36 heavy (non-hydrogen) atoms. The van der Waals surface area contributed by atoms with Gasteiger partial charge in [-0.2, -0.15) is 23.5 Å². The van der Waals surface area contributed by atoms with E-state index in [1.54, 1.807) is 24.0 Å². The summed E-state index contributed by atoms with van der Waals surface area (Å²) in [7, 11) is 0. The summed E-state index contributed by atoms with van der Waals surface area (Å²) in [6.07, 6.45) is -2.31. The van der Waals surface area contributed by atoms with E-state index in [1.807, 2.05) is 11.0 Å². The number of anilines is 1. The van der Waals surface area contributed by atoms with Gasteiger partial charge in [-0.1, -0.05) is 0 Å². The van der Waals surface area contributed by atoms with Crippen molar-refractivity contribution in [2.75, 3.05) is 44.3 Å². The zero-order valence-corrected chi connectivity index (χ0v) is 19.6. The van der Waals surface area contributed by atoms with Gasteiger partial charge in [-0.05, 0) is 19.1 Å². The largest absolute Gasteiger partial charge is 0.418 e. The van der Waals surface area contributed by atoms with Gasteiger partial charge in [0.05, 0.1) is 48.7 Å². The van der Waals surface area contributed by atoms with Crippen LogP contribution < -0.4 is 10.3 Å². The molecule has 2 aromatic rings. The highest BCUT2D eigenvalue weighted by atomic mass is 19.4. The Hall–Kier alpha value is -3.63. The lowest BCUT2D eigenvalue weighted by Crippen LogP contribution is -2.49. The summed E-state index contributed by atoms with van der Waals surface area (Å²) in [5.74, 6) is 0.696. The molecule has 0 bridgehead atoms. The number of carbonyl (C=O) groups excluding carboxylic acids is 1.